The molecule has 12 heavy (non-hydrogen) atoms. The van der Waals surface area contributed by atoms with Gasteiger partial charge < -0.3 is 4.74 Å². The predicted molar refractivity (Wildman–Crippen MR) is 54.8 cm³/mol. The predicted octanol–water partition coefficient (Wildman–Crippen LogP) is 2.63. The number of carbonyl (C=O) groups is 1. The molecule has 0 bridgehead atoms. The summed E-state index contributed by atoms with van der Waals surface area (Å²) in [4.78, 5) is 11.3. The summed E-state index contributed by atoms with van der Waals surface area (Å²) in [5, 5.41) is 0. The fraction of sp³-hybridized carbons (Fsp3) is 0.875. The molecule has 0 unspecified atom stereocenters. The highest BCUT2D eigenvalue weighted by atomic mass is 79.9. The average Bonchev–Trinajstić information content (AvgIpc) is 1.97. The van der Waals surface area contributed by atoms with Crippen LogP contribution in [0.1, 0.15) is 26.2 Å². The zero-order chi connectivity index (χ0) is 9.14. The molecule has 0 aromatic rings. The van der Waals surface area contributed by atoms with Crippen molar-refractivity contribution in [1.82, 2.24) is 0 Å². The molecule has 1 aliphatic rings. The second kappa shape index (κ2) is 4.61. The summed E-state index contributed by atoms with van der Waals surface area (Å²) in [6.45, 7) is 1.45. The van der Waals surface area contributed by atoms with Gasteiger partial charge in [-0.25, -0.2) is 0 Å². The largest absolute Gasteiger partial charge is 0.460 e. The molecule has 0 N–H and O–H groups in total. The minimum absolute atomic E-state index is 0.00347. The summed E-state index contributed by atoms with van der Waals surface area (Å²) >= 11 is 7.03. The molecule has 0 radical (unpaired) electrons. The highest BCUT2D eigenvalue weighted by molar-refractivity contribution is 9.10. The first-order valence-corrected chi connectivity index (χ1v) is 5.89. The zero-order valence-corrected chi connectivity index (χ0v) is 10.1. The molecule has 1 aliphatic carbocycles. The topological polar surface area (TPSA) is 26.3 Å². The third kappa shape index (κ3) is 2.73. The Morgan fingerprint density at radius 2 is 1.83 bits per heavy atom. The summed E-state index contributed by atoms with van der Waals surface area (Å²) in [5.74, 6) is -0.198. The lowest BCUT2D eigenvalue weighted by Crippen LogP contribution is -2.38. The van der Waals surface area contributed by atoms with Gasteiger partial charge in [-0.05, 0) is 12.8 Å². The normalized spacial score (nSPS) is 31.6. The van der Waals surface area contributed by atoms with E-state index >= 15 is 0 Å². The third-order valence-electron chi connectivity index (χ3n) is 1.97. The van der Waals surface area contributed by atoms with Gasteiger partial charge in [0.25, 0.3) is 0 Å². The number of halogens is 2. The number of carbonyl (C=O) groups excluding carboxylic acids is 1. The standard InChI is InChI=1S/C8H12Br2O2/c1-5(11)12-8-6(9)3-2-4-7(8)10/h6-8H,2-4H2,1H3/t6-,7-/m0/s1. The van der Waals surface area contributed by atoms with Gasteiger partial charge in [-0.2, -0.15) is 0 Å². The lowest BCUT2D eigenvalue weighted by molar-refractivity contribution is -0.146. The minimum atomic E-state index is -0.198. The van der Waals surface area contributed by atoms with Crippen molar-refractivity contribution in [1.29, 1.82) is 0 Å². The smallest absolute Gasteiger partial charge is 0.302 e. The maximum atomic E-state index is 10.7. The van der Waals surface area contributed by atoms with Crippen LogP contribution in [-0.4, -0.2) is 21.7 Å². The maximum absolute atomic E-state index is 10.7. The van der Waals surface area contributed by atoms with Crippen LogP contribution in [-0.2, 0) is 9.53 Å². The first-order valence-electron chi connectivity index (χ1n) is 4.06. The molecule has 0 heterocycles. The fourth-order valence-corrected chi connectivity index (χ4v) is 3.41. The molecule has 0 saturated heterocycles. The molecule has 2 nitrogen and oxygen atoms in total. The van der Waals surface area contributed by atoms with Crippen molar-refractivity contribution < 1.29 is 9.53 Å². The molecule has 0 aromatic heterocycles. The molecular formula is C8H12Br2O2. The lowest BCUT2D eigenvalue weighted by Gasteiger charge is -2.31. The van der Waals surface area contributed by atoms with Crippen LogP contribution in [0.15, 0.2) is 0 Å². The van der Waals surface area contributed by atoms with E-state index in [-0.39, 0.29) is 12.1 Å². The quantitative estimate of drug-likeness (QED) is 0.550. The highest BCUT2D eigenvalue weighted by Crippen LogP contribution is 2.31. The number of esters is 1. The first-order chi connectivity index (χ1) is 5.61. The molecule has 0 amide bonds. The Hall–Kier alpha value is 0.430. The highest BCUT2D eigenvalue weighted by Gasteiger charge is 2.32. The van der Waals surface area contributed by atoms with Gasteiger partial charge in [0.1, 0.15) is 6.10 Å². The first kappa shape index (κ1) is 10.5. The van der Waals surface area contributed by atoms with Gasteiger partial charge in [-0.1, -0.05) is 38.3 Å². The number of hydrogen-bond acceptors (Lipinski definition) is 2. The van der Waals surface area contributed by atoms with Gasteiger partial charge in [0.2, 0.25) is 0 Å². The molecule has 1 saturated carbocycles. The Morgan fingerprint density at radius 3 is 2.25 bits per heavy atom. The van der Waals surface area contributed by atoms with Crippen molar-refractivity contribution in [3.63, 3.8) is 0 Å². The van der Waals surface area contributed by atoms with E-state index in [4.69, 9.17) is 4.74 Å². The summed E-state index contributed by atoms with van der Waals surface area (Å²) in [7, 11) is 0. The number of ether oxygens (including phenoxy) is 1. The monoisotopic (exact) mass is 298 g/mol. The van der Waals surface area contributed by atoms with Crippen molar-refractivity contribution in [2.45, 2.75) is 41.9 Å². The van der Waals surface area contributed by atoms with Gasteiger partial charge >= 0.3 is 5.97 Å². The van der Waals surface area contributed by atoms with E-state index in [2.05, 4.69) is 31.9 Å². The van der Waals surface area contributed by atoms with Crippen LogP contribution in [0, 0.1) is 0 Å². The second-order valence-corrected chi connectivity index (χ2v) is 5.39. The number of rotatable bonds is 1. The Balaban J connectivity index is 2.50. The van der Waals surface area contributed by atoms with Crippen molar-refractivity contribution in [3.8, 4) is 0 Å². The van der Waals surface area contributed by atoms with Crippen molar-refractivity contribution >= 4 is 37.8 Å². The van der Waals surface area contributed by atoms with E-state index in [0.717, 1.165) is 12.8 Å². The van der Waals surface area contributed by atoms with Gasteiger partial charge in [0, 0.05) is 6.92 Å². The Morgan fingerprint density at radius 1 is 1.33 bits per heavy atom. The van der Waals surface area contributed by atoms with Crippen molar-refractivity contribution in [3.05, 3.63) is 0 Å². The minimum Gasteiger partial charge on any atom is -0.460 e. The molecule has 1 rings (SSSR count). The number of alkyl halides is 2. The average molecular weight is 300 g/mol. The Bertz CT molecular complexity index is 162. The van der Waals surface area contributed by atoms with Gasteiger partial charge in [-0.3, -0.25) is 4.79 Å². The molecule has 2 atom stereocenters. The summed E-state index contributed by atoms with van der Waals surface area (Å²) in [6, 6.07) is 0. The molecule has 0 aromatic carbocycles. The second-order valence-electron chi connectivity index (χ2n) is 3.04. The van der Waals surface area contributed by atoms with E-state index in [1.165, 1.54) is 13.3 Å². The maximum Gasteiger partial charge on any atom is 0.302 e. The van der Waals surface area contributed by atoms with Crippen LogP contribution < -0.4 is 0 Å². The SMILES string of the molecule is CC(=O)OC1[C@@H](Br)CCC[C@@H]1Br. The van der Waals surface area contributed by atoms with Crippen LogP contribution >= 0.6 is 31.9 Å². The van der Waals surface area contributed by atoms with E-state index in [1.807, 2.05) is 0 Å². The van der Waals surface area contributed by atoms with Crippen molar-refractivity contribution in [2.75, 3.05) is 0 Å². The van der Waals surface area contributed by atoms with Gasteiger partial charge in [0.15, 0.2) is 0 Å². The molecular weight excluding hydrogens is 288 g/mol. The third-order valence-corrected chi connectivity index (χ3v) is 3.93. The fourth-order valence-electron chi connectivity index (χ4n) is 1.40. The van der Waals surface area contributed by atoms with Crippen LogP contribution in [0.3, 0.4) is 0 Å². The van der Waals surface area contributed by atoms with E-state index in [0.29, 0.717) is 9.65 Å². The molecule has 4 heteroatoms. The van der Waals surface area contributed by atoms with Crippen LogP contribution in [0.4, 0.5) is 0 Å². The van der Waals surface area contributed by atoms with Crippen LogP contribution in [0.2, 0.25) is 0 Å². The van der Waals surface area contributed by atoms with Gasteiger partial charge in [-0.15, -0.1) is 0 Å². The van der Waals surface area contributed by atoms with E-state index < -0.39 is 0 Å². The van der Waals surface area contributed by atoms with Crippen LogP contribution in [0.25, 0.3) is 0 Å². The summed E-state index contributed by atoms with van der Waals surface area (Å²) in [6.07, 6.45) is 3.35. The summed E-state index contributed by atoms with van der Waals surface area (Å²) in [5.41, 5.74) is 0. The molecule has 0 aliphatic heterocycles. The van der Waals surface area contributed by atoms with Crippen LogP contribution in [0.5, 0.6) is 0 Å². The Kier molecular flexibility index (Phi) is 4.03. The summed E-state index contributed by atoms with van der Waals surface area (Å²) < 4.78 is 5.18. The number of hydrogen-bond donors (Lipinski definition) is 0. The van der Waals surface area contributed by atoms with E-state index in [1.54, 1.807) is 0 Å². The molecule has 1 fully saturated rings. The zero-order valence-electron chi connectivity index (χ0n) is 6.93. The lowest BCUT2D eigenvalue weighted by atomic mass is 9.97. The van der Waals surface area contributed by atoms with Gasteiger partial charge in [0.05, 0.1) is 9.65 Å². The van der Waals surface area contributed by atoms with Crippen molar-refractivity contribution in [2.24, 2.45) is 0 Å². The van der Waals surface area contributed by atoms with E-state index in [9.17, 15) is 4.79 Å². The molecule has 70 valence electrons. The molecule has 0 spiro atoms. The Labute approximate surface area is 89.3 Å².